The predicted octanol–water partition coefficient (Wildman–Crippen LogP) is 5.08. The molecule has 0 saturated heterocycles. The average Bonchev–Trinajstić information content (AvgIpc) is 2.73. The van der Waals surface area contributed by atoms with Crippen LogP contribution in [-0.2, 0) is 16.5 Å². The Labute approximate surface area is 171 Å². The molecule has 3 aromatic rings. The number of rotatable bonds is 7. The maximum absolute atomic E-state index is 12.5. The van der Waals surface area contributed by atoms with E-state index < -0.39 is 10.1 Å². The largest absolute Gasteiger partial charge is 0.493 e. The molecule has 0 bridgehead atoms. The second kappa shape index (κ2) is 8.92. The van der Waals surface area contributed by atoms with Gasteiger partial charge in [-0.3, -0.25) is 4.99 Å². The molecule has 0 aliphatic rings. The molecule has 0 heterocycles. The van der Waals surface area contributed by atoms with E-state index >= 15 is 0 Å². The molecular weight excluding hydrogens is 386 g/mol. The van der Waals surface area contributed by atoms with Gasteiger partial charge in [-0.05, 0) is 66.9 Å². The lowest BCUT2D eigenvalue weighted by atomic mass is 10.1. The van der Waals surface area contributed by atoms with Crippen molar-refractivity contribution in [2.45, 2.75) is 25.2 Å². The Bertz CT molecular complexity index is 1100. The lowest BCUT2D eigenvalue weighted by molar-refractivity contribution is 0.390. The molecule has 0 spiro atoms. The van der Waals surface area contributed by atoms with Gasteiger partial charge in [0.25, 0.3) is 0 Å². The summed E-state index contributed by atoms with van der Waals surface area (Å²) in [6.07, 6.45) is 2.68. The summed E-state index contributed by atoms with van der Waals surface area (Å²) in [6.45, 7) is 3.99. The first-order valence-electron chi connectivity index (χ1n) is 9.23. The second-order valence-electron chi connectivity index (χ2n) is 6.54. The van der Waals surface area contributed by atoms with E-state index in [0.29, 0.717) is 5.75 Å². The molecule has 0 saturated carbocycles. The van der Waals surface area contributed by atoms with Crippen molar-refractivity contribution in [3.05, 3.63) is 83.4 Å². The van der Waals surface area contributed by atoms with Crippen LogP contribution in [0.15, 0.2) is 76.6 Å². The van der Waals surface area contributed by atoms with Crippen LogP contribution >= 0.6 is 0 Å². The minimum atomic E-state index is -3.95. The lowest BCUT2D eigenvalue weighted by Gasteiger charge is -2.11. The summed E-state index contributed by atoms with van der Waals surface area (Å²) < 4.78 is 35.7. The molecule has 0 amide bonds. The van der Waals surface area contributed by atoms with Crippen molar-refractivity contribution in [3.8, 4) is 11.5 Å². The van der Waals surface area contributed by atoms with E-state index in [9.17, 15) is 8.42 Å². The van der Waals surface area contributed by atoms with E-state index in [1.807, 2.05) is 31.2 Å². The van der Waals surface area contributed by atoms with Crippen LogP contribution in [0.25, 0.3) is 0 Å². The normalized spacial score (nSPS) is 11.6. The molecule has 3 rings (SSSR count). The molecule has 0 N–H and O–H groups in total. The third-order valence-corrected chi connectivity index (χ3v) is 5.65. The van der Waals surface area contributed by atoms with Gasteiger partial charge in [-0.25, -0.2) is 0 Å². The van der Waals surface area contributed by atoms with Crippen LogP contribution in [0, 0.1) is 6.92 Å². The van der Waals surface area contributed by atoms with Gasteiger partial charge in [-0.15, -0.1) is 0 Å². The quantitative estimate of drug-likeness (QED) is 0.403. The zero-order valence-corrected chi connectivity index (χ0v) is 17.4. The van der Waals surface area contributed by atoms with Crippen molar-refractivity contribution in [3.63, 3.8) is 0 Å². The summed E-state index contributed by atoms with van der Waals surface area (Å²) in [5, 5.41) is 0. The summed E-state index contributed by atoms with van der Waals surface area (Å²) >= 11 is 0. The second-order valence-corrected chi connectivity index (χ2v) is 8.09. The SMILES string of the molecule is CCc1ccc(N=Cc2ccc(OS(=O)(=O)c3ccc(C)cc3)c(OC)c2)cc1. The van der Waals surface area contributed by atoms with Crippen molar-refractivity contribution < 1.29 is 17.3 Å². The third-order valence-electron chi connectivity index (χ3n) is 4.40. The van der Waals surface area contributed by atoms with Crippen LogP contribution in [-0.4, -0.2) is 21.7 Å². The first-order valence-corrected chi connectivity index (χ1v) is 10.6. The Kier molecular flexibility index (Phi) is 6.34. The molecule has 0 radical (unpaired) electrons. The molecule has 29 heavy (non-hydrogen) atoms. The van der Waals surface area contributed by atoms with Gasteiger partial charge in [-0.1, -0.05) is 36.8 Å². The zero-order chi connectivity index (χ0) is 20.9. The summed E-state index contributed by atoms with van der Waals surface area (Å²) in [5.74, 6) is 0.434. The van der Waals surface area contributed by atoms with E-state index in [-0.39, 0.29) is 10.6 Å². The van der Waals surface area contributed by atoms with Gasteiger partial charge in [-0.2, -0.15) is 8.42 Å². The van der Waals surface area contributed by atoms with Gasteiger partial charge in [0.2, 0.25) is 0 Å². The first kappa shape index (κ1) is 20.6. The van der Waals surface area contributed by atoms with Crippen LogP contribution in [0.5, 0.6) is 11.5 Å². The molecule has 6 heteroatoms. The Morgan fingerprint density at radius 1 is 0.931 bits per heavy atom. The maximum Gasteiger partial charge on any atom is 0.339 e. The fraction of sp³-hybridized carbons (Fsp3) is 0.174. The van der Waals surface area contributed by atoms with Crippen molar-refractivity contribution in [1.82, 2.24) is 0 Å². The van der Waals surface area contributed by atoms with Crippen LogP contribution < -0.4 is 8.92 Å². The zero-order valence-electron chi connectivity index (χ0n) is 16.6. The Balaban J connectivity index is 1.81. The molecule has 150 valence electrons. The Morgan fingerprint density at radius 3 is 2.24 bits per heavy atom. The van der Waals surface area contributed by atoms with Crippen LogP contribution in [0.1, 0.15) is 23.6 Å². The molecule has 0 atom stereocenters. The van der Waals surface area contributed by atoms with Crippen LogP contribution in [0.4, 0.5) is 5.69 Å². The van der Waals surface area contributed by atoms with Gasteiger partial charge in [0.05, 0.1) is 12.8 Å². The first-order chi connectivity index (χ1) is 13.9. The molecular formula is C23H23NO4S. The standard InChI is InChI=1S/C23H23NO4S/c1-4-18-7-10-20(11-8-18)24-16-19-9-14-22(23(15-19)27-3)28-29(25,26)21-12-5-17(2)6-13-21/h5-16H,4H2,1-3H3. The summed E-state index contributed by atoms with van der Waals surface area (Å²) in [7, 11) is -2.49. The summed E-state index contributed by atoms with van der Waals surface area (Å²) in [6, 6.07) is 19.4. The number of hydrogen-bond donors (Lipinski definition) is 0. The highest BCUT2D eigenvalue weighted by atomic mass is 32.2. The molecule has 0 unspecified atom stereocenters. The number of methoxy groups -OCH3 is 1. The van der Waals surface area contributed by atoms with Crippen molar-refractivity contribution >= 4 is 22.0 Å². The van der Waals surface area contributed by atoms with E-state index in [2.05, 4.69) is 11.9 Å². The van der Waals surface area contributed by atoms with E-state index in [1.54, 1.807) is 36.5 Å². The van der Waals surface area contributed by atoms with Crippen LogP contribution in [0.2, 0.25) is 0 Å². The molecule has 3 aromatic carbocycles. The minimum Gasteiger partial charge on any atom is -0.493 e. The highest BCUT2D eigenvalue weighted by Gasteiger charge is 2.19. The summed E-state index contributed by atoms with van der Waals surface area (Å²) in [5.41, 5.74) is 3.82. The maximum atomic E-state index is 12.5. The molecule has 0 aromatic heterocycles. The van der Waals surface area contributed by atoms with Gasteiger partial charge in [0, 0.05) is 6.21 Å². The van der Waals surface area contributed by atoms with Gasteiger partial charge >= 0.3 is 10.1 Å². The van der Waals surface area contributed by atoms with Gasteiger partial charge in [0.1, 0.15) is 4.90 Å². The minimum absolute atomic E-state index is 0.0892. The average molecular weight is 410 g/mol. The topological polar surface area (TPSA) is 65.0 Å². The van der Waals surface area contributed by atoms with Crippen molar-refractivity contribution in [1.29, 1.82) is 0 Å². The third kappa shape index (κ3) is 5.23. The number of nitrogens with zero attached hydrogens (tertiary/aromatic N) is 1. The van der Waals surface area contributed by atoms with E-state index in [1.165, 1.54) is 24.8 Å². The fourth-order valence-corrected chi connectivity index (χ4v) is 3.61. The van der Waals surface area contributed by atoms with Crippen LogP contribution in [0.3, 0.4) is 0 Å². The van der Waals surface area contributed by atoms with Gasteiger partial charge < -0.3 is 8.92 Å². The van der Waals surface area contributed by atoms with Gasteiger partial charge in [0.15, 0.2) is 11.5 Å². The fourth-order valence-electron chi connectivity index (χ4n) is 2.67. The monoisotopic (exact) mass is 409 g/mol. The number of aliphatic imine (C=N–C) groups is 1. The molecule has 5 nitrogen and oxygen atoms in total. The molecule has 0 aliphatic carbocycles. The Hall–Kier alpha value is -3.12. The smallest absolute Gasteiger partial charge is 0.339 e. The number of aryl methyl sites for hydroxylation is 2. The van der Waals surface area contributed by atoms with E-state index in [0.717, 1.165) is 23.2 Å². The Morgan fingerprint density at radius 2 is 1.62 bits per heavy atom. The highest BCUT2D eigenvalue weighted by molar-refractivity contribution is 7.87. The lowest BCUT2D eigenvalue weighted by Crippen LogP contribution is -2.10. The molecule has 0 aliphatic heterocycles. The number of benzene rings is 3. The van der Waals surface area contributed by atoms with E-state index in [4.69, 9.17) is 8.92 Å². The predicted molar refractivity (Wildman–Crippen MR) is 115 cm³/mol. The highest BCUT2D eigenvalue weighted by Crippen LogP contribution is 2.30. The summed E-state index contributed by atoms with van der Waals surface area (Å²) in [4.78, 5) is 4.54. The van der Waals surface area contributed by atoms with Crippen molar-refractivity contribution in [2.75, 3.05) is 7.11 Å². The molecule has 0 fully saturated rings. The number of hydrogen-bond acceptors (Lipinski definition) is 5. The number of ether oxygens (including phenoxy) is 1. The van der Waals surface area contributed by atoms with Crippen molar-refractivity contribution in [2.24, 2.45) is 4.99 Å².